The number of thioether (sulfide) groups is 1. The van der Waals surface area contributed by atoms with Gasteiger partial charge in [0.2, 0.25) is 11.0 Å². The second-order valence-electron chi connectivity index (χ2n) is 5.62. The molecule has 24 heavy (non-hydrogen) atoms. The Morgan fingerprint density at radius 2 is 2.29 bits per heavy atom. The molecule has 8 heteroatoms. The first-order valence-corrected chi connectivity index (χ1v) is 9.69. The molecule has 1 heterocycles. The van der Waals surface area contributed by atoms with Crippen molar-refractivity contribution in [3.05, 3.63) is 35.6 Å². The van der Waals surface area contributed by atoms with Crippen LogP contribution < -0.4 is 5.32 Å². The minimum absolute atomic E-state index is 0.0127. The molecule has 1 aromatic heterocycles. The van der Waals surface area contributed by atoms with Crippen LogP contribution in [0.5, 0.6) is 0 Å². The highest BCUT2D eigenvalue weighted by molar-refractivity contribution is 8.01. The van der Waals surface area contributed by atoms with Crippen LogP contribution in [-0.4, -0.2) is 39.3 Å². The van der Waals surface area contributed by atoms with Gasteiger partial charge in [-0.2, -0.15) is 0 Å². The minimum Gasteiger partial charge on any atom is -0.357 e. The largest absolute Gasteiger partial charge is 0.357 e. The van der Waals surface area contributed by atoms with Crippen LogP contribution in [0.25, 0.3) is 0 Å². The number of carbonyl (C=O) groups is 1. The smallest absolute Gasteiger partial charge is 0.233 e. The summed E-state index contributed by atoms with van der Waals surface area (Å²) < 4.78 is 14.0. The number of rotatable bonds is 8. The van der Waals surface area contributed by atoms with Crippen molar-refractivity contribution in [2.45, 2.75) is 36.7 Å². The van der Waals surface area contributed by atoms with E-state index in [1.807, 2.05) is 13.0 Å². The molecule has 0 radical (unpaired) electrons. The van der Waals surface area contributed by atoms with Crippen molar-refractivity contribution in [2.24, 2.45) is 0 Å². The molecule has 1 N–H and O–H groups in total. The number of hydrogen-bond donors (Lipinski definition) is 1. The van der Waals surface area contributed by atoms with Crippen molar-refractivity contribution < 1.29 is 9.18 Å². The summed E-state index contributed by atoms with van der Waals surface area (Å²) in [5, 5.41) is 12.3. The molecule has 1 aliphatic rings. The molecule has 0 unspecified atom stereocenters. The van der Waals surface area contributed by atoms with Crippen molar-refractivity contribution in [3.8, 4) is 0 Å². The average Bonchev–Trinajstić information content (AvgIpc) is 3.27. The molecule has 1 saturated carbocycles. The van der Waals surface area contributed by atoms with Gasteiger partial charge < -0.3 is 10.2 Å². The number of anilines is 1. The summed E-state index contributed by atoms with van der Waals surface area (Å²) in [7, 11) is 0. The Hall–Kier alpha value is -1.67. The second-order valence-corrected chi connectivity index (χ2v) is 7.82. The Balaban J connectivity index is 1.51. The van der Waals surface area contributed by atoms with Gasteiger partial charge >= 0.3 is 0 Å². The standard InChI is InChI=1S/C16H19FN4OS2/c1-2-21(9-11-4-3-5-12(17)8-11)14(22)10-23-16-20-19-15(24-16)18-13-6-7-13/h3-5,8,13H,2,6-7,9-10H2,1H3,(H,18,19). The van der Waals surface area contributed by atoms with Crippen molar-refractivity contribution in [2.75, 3.05) is 17.6 Å². The summed E-state index contributed by atoms with van der Waals surface area (Å²) in [4.78, 5) is 14.1. The van der Waals surface area contributed by atoms with Gasteiger partial charge in [-0.05, 0) is 37.5 Å². The lowest BCUT2D eigenvalue weighted by atomic mass is 10.2. The van der Waals surface area contributed by atoms with Crippen molar-refractivity contribution >= 4 is 34.1 Å². The summed E-state index contributed by atoms with van der Waals surface area (Å²) in [6.07, 6.45) is 2.37. The van der Waals surface area contributed by atoms with Crippen LogP contribution in [-0.2, 0) is 11.3 Å². The lowest BCUT2D eigenvalue weighted by Crippen LogP contribution is -2.31. The monoisotopic (exact) mass is 366 g/mol. The predicted octanol–water partition coefficient (Wildman–Crippen LogP) is 3.39. The fourth-order valence-corrected chi connectivity index (χ4v) is 3.91. The fraction of sp³-hybridized carbons (Fsp3) is 0.438. The highest BCUT2D eigenvalue weighted by Crippen LogP contribution is 2.30. The first-order valence-electron chi connectivity index (χ1n) is 7.89. The van der Waals surface area contributed by atoms with Crippen LogP contribution >= 0.6 is 23.1 Å². The van der Waals surface area contributed by atoms with Crippen LogP contribution in [0.4, 0.5) is 9.52 Å². The zero-order chi connectivity index (χ0) is 16.9. The number of carbonyl (C=O) groups excluding carboxylic acids is 1. The van der Waals surface area contributed by atoms with Crippen molar-refractivity contribution in [3.63, 3.8) is 0 Å². The number of nitrogens with zero attached hydrogens (tertiary/aromatic N) is 3. The summed E-state index contributed by atoms with van der Waals surface area (Å²) in [5.41, 5.74) is 0.794. The minimum atomic E-state index is -0.282. The molecule has 0 saturated heterocycles. The first-order chi connectivity index (χ1) is 11.6. The lowest BCUT2D eigenvalue weighted by molar-refractivity contribution is -0.128. The van der Waals surface area contributed by atoms with E-state index >= 15 is 0 Å². The molecule has 0 atom stereocenters. The molecule has 0 bridgehead atoms. The Morgan fingerprint density at radius 3 is 3.00 bits per heavy atom. The average molecular weight is 366 g/mol. The third kappa shape index (κ3) is 4.91. The molecule has 0 aliphatic heterocycles. The van der Waals surface area contributed by atoms with Crippen LogP contribution in [0.1, 0.15) is 25.3 Å². The van der Waals surface area contributed by atoms with E-state index in [9.17, 15) is 9.18 Å². The molecule has 5 nitrogen and oxygen atoms in total. The topological polar surface area (TPSA) is 58.1 Å². The van der Waals surface area contributed by atoms with E-state index in [0.717, 1.165) is 15.0 Å². The summed E-state index contributed by atoms with van der Waals surface area (Å²) in [5.74, 6) is 0.0369. The third-order valence-corrected chi connectivity index (χ3v) is 5.60. The van der Waals surface area contributed by atoms with E-state index in [2.05, 4.69) is 15.5 Å². The number of aromatic nitrogens is 2. The molecule has 1 aromatic carbocycles. The predicted molar refractivity (Wildman–Crippen MR) is 94.8 cm³/mol. The van der Waals surface area contributed by atoms with Gasteiger partial charge in [0.25, 0.3) is 0 Å². The number of amides is 1. The van der Waals surface area contributed by atoms with Gasteiger partial charge in [0.05, 0.1) is 5.75 Å². The molecular weight excluding hydrogens is 347 g/mol. The van der Waals surface area contributed by atoms with E-state index in [4.69, 9.17) is 0 Å². The highest BCUT2D eigenvalue weighted by atomic mass is 32.2. The quantitative estimate of drug-likeness (QED) is 0.726. The van der Waals surface area contributed by atoms with E-state index in [1.54, 1.807) is 11.0 Å². The molecule has 1 amide bonds. The van der Waals surface area contributed by atoms with Gasteiger partial charge in [-0.25, -0.2) is 4.39 Å². The van der Waals surface area contributed by atoms with Gasteiger partial charge in [0.15, 0.2) is 4.34 Å². The Labute approximate surface area is 148 Å². The van der Waals surface area contributed by atoms with Gasteiger partial charge in [0.1, 0.15) is 5.82 Å². The maximum absolute atomic E-state index is 13.3. The second kappa shape index (κ2) is 7.94. The Morgan fingerprint density at radius 1 is 1.46 bits per heavy atom. The molecule has 3 rings (SSSR count). The molecular formula is C16H19FN4OS2. The number of hydrogen-bond acceptors (Lipinski definition) is 6. The van der Waals surface area contributed by atoms with E-state index in [1.165, 1.54) is 48.1 Å². The normalized spacial score (nSPS) is 13.8. The van der Waals surface area contributed by atoms with E-state index in [-0.39, 0.29) is 11.7 Å². The maximum atomic E-state index is 13.3. The maximum Gasteiger partial charge on any atom is 0.233 e. The van der Waals surface area contributed by atoms with Gasteiger partial charge in [-0.1, -0.05) is 35.2 Å². The van der Waals surface area contributed by atoms with Crippen LogP contribution in [0, 0.1) is 5.82 Å². The van der Waals surface area contributed by atoms with Gasteiger partial charge in [0, 0.05) is 19.1 Å². The lowest BCUT2D eigenvalue weighted by Gasteiger charge is -2.20. The molecule has 0 spiro atoms. The Bertz CT molecular complexity index is 705. The van der Waals surface area contributed by atoms with E-state index in [0.29, 0.717) is 24.9 Å². The zero-order valence-electron chi connectivity index (χ0n) is 13.4. The summed E-state index contributed by atoms with van der Waals surface area (Å²) in [6, 6.07) is 6.89. The zero-order valence-corrected chi connectivity index (χ0v) is 15.0. The van der Waals surface area contributed by atoms with Crippen molar-refractivity contribution in [1.82, 2.24) is 15.1 Å². The van der Waals surface area contributed by atoms with Gasteiger partial charge in [-0.15, -0.1) is 10.2 Å². The first kappa shape index (κ1) is 17.2. The molecule has 1 aliphatic carbocycles. The van der Waals surface area contributed by atoms with Crippen LogP contribution in [0.3, 0.4) is 0 Å². The van der Waals surface area contributed by atoms with Crippen LogP contribution in [0.15, 0.2) is 28.6 Å². The highest BCUT2D eigenvalue weighted by Gasteiger charge is 2.22. The van der Waals surface area contributed by atoms with Crippen LogP contribution in [0.2, 0.25) is 0 Å². The van der Waals surface area contributed by atoms with E-state index < -0.39 is 0 Å². The molecule has 2 aromatic rings. The number of nitrogens with one attached hydrogen (secondary N) is 1. The molecule has 128 valence electrons. The summed E-state index contributed by atoms with van der Waals surface area (Å²) in [6.45, 7) is 2.92. The molecule has 1 fully saturated rings. The van der Waals surface area contributed by atoms with Crippen molar-refractivity contribution in [1.29, 1.82) is 0 Å². The third-order valence-electron chi connectivity index (χ3n) is 3.63. The number of halogens is 1. The van der Waals surface area contributed by atoms with Gasteiger partial charge in [-0.3, -0.25) is 4.79 Å². The number of benzene rings is 1. The fourth-order valence-electron chi connectivity index (χ4n) is 2.18. The SMILES string of the molecule is CCN(Cc1cccc(F)c1)C(=O)CSc1nnc(NC2CC2)s1. The summed E-state index contributed by atoms with van der Waals surface area (Å²) >= 11 is 2.87. The Kier molecular flexibility index (Phi) is 5.68.